The first-order valence-corrected chi connectivity index (χ1v) is 11.1. The molecule has 7 heteroatoms. The van der Waals surface area contributed by atoms with E-state index >= 15 is 0 Å². The first kappa shape index (κ1) is 20.2. The number of amides is 2. The van der Waals surface area contributed by atoms with Gasteiger partial charge in [0.1, 0.15) is 12.4 Å². The maximum absolute atomic E-state index is 13.5. The van der Waals surface area contributed by atoms with Gasteiger partial charge in [0.05, 0.1) is 12.1 Å². The van der Waals surface area contributed by atoms with E-state index in [9.17, 15) is 9.59 Å². The van der Waals surface area contributed by atoms with Crippen molar-refractivity contribution < 1.29 is 14.3 Å². The van der Waals surface area contributed by atoms with Crippen molar-refractivity contribution in [3.05, 3.63) is 101 Å². The lowest BCUT2D eigenvalue weighted by molar-refractivity contribution is -0.139. The van der Waals surface area contributed by atoms with E-state index in [1.807, 2.05) is 60.8 Å². The van der Waals surface area contributed by atoms with Gasteiger partial charge in [-0.05, 0) is 41.5 Å². The number of H-pyrrole nitrogens is 1. The van der Waals surface area contributed by atoms with Crippen LogP contribution in [0.2, 0.25) is 0 Å². The van der Waals surface area contributed by atoms with Crippen molar-refractivity contribution in [1.82, 2.24) is 14.9 Å². The van der Waals surface area contributed by atoms with Gasteiger partial charge in [-0.15, -0.1) is 0 Å². The van der Waals surface area contributed by atoms with Gasteiger partial charge in [-0.3, -0.25) is 19.5 Å². The van der Waals surface area contributed by atoms with Gasteiger partial charge in [0.2, 0.25) is 5.91 Å². The van der Waals surface area contributed by atoms with Crippen molar-refractivity contribution in [3.8, 4) is 5.75 Å². The van der Waals surface area contributed by atoms with Crippen LogP contribution in [0.15, 0.2) is 84.5 Å². The molecule has 0 saturated carbocycles. The number of nitrogens with zero attached hydrogens (tertiary/aromatic N) is 2. The van der Waals surface area contributed by atoms with Gasteiger partial charge < -0.3 is 15.0 Å². The number of aromatic amines is 1. The minimum atomic E-state index is -0.348. The predicted molar refractivity (Wildman–Crippen MR) is 128 cm³/mol. The van der Waals surface area contributed by atoms with Gasteiger partial charge >= 0.3 is 0 Å². The second kappa shape index (κ2) is 7.88. The van der Waals surface area contributed by atoms with Crippen LogP contribution in [0, 0.1) is 0 Å². The molecule has 0 fully saturated rings. The number of carbonyl (C=O) groups excluding carboxylic acids is 2. The van der Waals surface area contributed by atoms with E-state index in [1.54, 1.807) is 12.4 Å². The van der Waals surface area contributed by atoms with E-state index in [2.05, 4.69) is 15.3 Å². The highest BCUT2D eigenvalue weighted by molar-refractivity contribution is 6.11. The van der Waals surface area contributed by atoms with Crippen LogP contribution < -0.4 is 10.1 Å². The summed E-state index contributed by atoms with van der Waals surface area (Å²) in [6, 6.07) is 17.7. The maximum Gasteiger partial charge on any atom is 0.259 e. The van der Waals surface area contributed by atoms with Crippen molar-refractivity contribution in [2.45, 2.75) is 19.4 Å². The first-order valence-electron chi connectivity index (χ1n) is 11.1. The summed E-state index contributed by atoms with van der Waals surface area (Å²) >= 11 is 0. The highest BCUT2D eigenvalue weighted by Gasteiger charge is 2.41. The number of hydrogen-bond acceptors (Lipinski definition) is 5. The van der Waals surface area contributed by atoms with Crippen molar-refractivity contribution >= 4 is 28.4 Å². The van der Waals surface area contributed by atoms with Crippen LogP contribution in [-0.4, -0.2) is 33.2 Å². The van der Waals surface area contributed by atoms with E-state index in [0.717, 1.165) is 39.0 Å². The summed E-state index contributed by atoms with van der Waals surface area (Å²) in [6.45, 7) is 2.06. The van der Waals surface area contributed by atoms with Crippen molar-refractivity contribution in [2.24, 2.45) is 0 Å². The number of imide groups is 1. The van der Waals surface area contributed by atoms with Crippen molar-refractivity contribution in [1.29, 1.82) is 0 Å². The van der Waals surface area contributed by atoms with Crippen LogP contribution in [-0.2, 0) is 16.2 Å². The molecular weight excluding hydrogens is 428 g/mol. The third-order valence-corrected chi connectivity index (χ3v) is 6.44. The molecule has 0 unspecified atom stereocenters. The molecule has 168 valence electrons. The third-order valence-electron chi connectivity index (χ3n) is 6.44. The van der Waals surface area contributed by atoms with E-state index < -0.39 is 0 Å². The van der Waals surface area contributed by atoms with Crippen LogP contribution in [0.25, 0.3) is 10.9 Å². The second-order valence-electron chi connectivity index (χ2n) is 8.56. The topological polar surface area (TPSA) is 87.3 Å². The van der Waals surface area contributed by atoms with E-state index in [0.29, 0.717) is 17.9 Å². The van der Waals surface area contributed by atoms with Crippen LogP contribution in [0.4, 0.5) is 5.69 Å². The van der Waals surface area contributed by atoms with Gasteiger partial charge in [-0.1, -0.05) is 24.3 Å². The largest absolute Gasteiger partial charge is 0.489 e. The molecule has 4 aromatic rings. The third kappa shape index (κ3) is 3.25. The summed E-state index contributed by atoms with van der Waals surface area (Å²) in [7, 11) is 0. The Kier molecular flexibility index (Phi) is 4.69. The molecule has 2 amide bonds. The number of aromatic nitrogens is 2. The fraction of sp³-hybridized carbons (Fsp3) is 0.148. The molecule has 2 aromatic carbocycles. The van der Waals surface area contributed by atoms with E-state index in [-0.39, 0.29) is 24.3 Å². The number of nitrogens with one attached hydrogen (secondary N) is 2. The Bertz CT molecular complexity index is 1470. The molecule has 6 rings (SSSR count). The summed E-state index contributed by atoms with van der Waals surface area (Å²) in [5.41, 5.74) is 6.16. The number of anilines is 1. The van der Waals surface area contributed by atoms with E-state index in [1.165, 1.54) is 11.8 Å². The molecule has 7 nitrogen and oxygen atoms in total. The lowest BCUT2D eigenvalue weighted by Gasteiger charge is -2.20. The number of pyridine rings is 1. The smallest absolute Gasteiger partial charge is 0.259 e. The standard InChI is InChI=1S/C27H22N4O3/c1-16(32)31-14-23-26(27(31)33)24(20-13-29-21-8-3-9-22(30-23)25(20)21)18-6-2-7-19(11-18)34-15-17-5-4-10-28-12-17/h2-13,24,29-30H,14-15H2,1H3/t24-/m0/s1. The Morgan fingerprint density at radius 3 is 2.88 bits per heavy atom. The molecule has 2 N–H and O–H groups in total. The fourth-order valence-electron chi connectivity index (χ4n) is 4.89. The molecule has 0 spiro atoms. The van der Waals surface area contributed by atoms with Crippen molar-refractivity contribution in [2.75, 3.05) is 11.9 Å². The predicted octanol–water partition coefficient (Wildman–Crippen LogP) is 4.34. The zero-order chi connectivity index (χ0) is 23.2. The molecule has 2 aliphatic rings. The Labute approximate surface area is 196 Å². The highest BCUT2D eigenvalue weighted by atomic mass is 16.5. The summed E-state index contributed by atoms with van der Waals surface area (Å²) < 4.78 is 6.05. The molecule has 0 saturated heterocycles. The lowest BCUT2D eigenvalue weighted by atomic mass is 9.84. The Morgan fingerprint density at radius 1 is 1.18 bits per heavy atom. The summed E-state index contributed by atoms with van der Waals surface area (Å²) in [5.74, 6) is -0.170. The first-order chi connectivity index (χ1) is 16.6. The lowest BCUT2D eigenvalue weighted by Crippen LogP contribution is -2.33. The average Bonchev–Trinajstić information content (AvgIpc) is 3.37. The van der Waals surface area contributed by atoms with Gasteiger partial charge in [-0.25, -0.2) is 0 Å². The highest BCUT2D eigenvalue weighted by Crippen LogP contribution is 2.46. The summed E-state index contributed by atoms with van der Waals surface area (Å²) in [6.07, 6.45) is 5.47. The molecule has 1 atom stereocenters. The fourth-order valence-corrected chi connectivity index (χ4v) is 4.89. The average molecular weight is 450 g/mol. The number of ether oxygens (including phenoxy) is 1. The molecule has 0 aliphatic carbocycles. The minimum Gasteiger partial charge on any atom is -0.489 e. The molecule has 34 heavy (non-hydrogen) atoms. The molecular formula is C27H22N4O3. The molecule has 4 heterocycles. The van der Waals surface area contributed by atoms with Crippen LogP contribution in [0.1, 0.15) is 29.5 Å². The number of benzene rings is 2. The quantitative estimate of drug-likeness (QED) is 0.483. The van der Waals surface area contributed by atoms with Gasteiger partial charge in [0.15, 0.2) is 0 Å². The number of hydrogen-bond donors (Lipinski definition) is 2. The van der Waals surface area contributed by atoms with Gasteiger partial charge in [0, 0.05) is 59.3 Å². The SMILES string of the molecule is CC(=O)N1CC2=C(C1=O)[C@@H](c1cccc(OCc3cccnc3)c1)c1c[nH]c3cccc(c13)N2. The van der Waals surface area contributed by atoms with Gasteiger partial charge in [-0.2, -0.15) is 0 Å². The summed E-state index contributed by atoms with van der Waals surface area (Å²) in [5, 5.41) is 4.50. The Morgan fingerprint density at radius 2 is 2.06 bits per heavy atom. The number of carbonyl (C=O) groups is 2. The van der Waals surface area contributed by atoms with Crippen LogP contribution >= 0.6 is 0 Å². The van der Waals surface area contributed by atoms with Crippen molar-refractivity contribution in [3.63, 3.8) is 0 Å². The second-order valence-corrected chi connectivity index (χ2v) is 8.56. The van der Waals surface area contributed by atoms with Gasteiger partial charge in [0.25, 0.3) is 5.91 Å². The zero-order valence-electron chi connectivity index (χ0n) is 18.5. The van der Waals surface area contributed by atoms with Crippen LogP contribution in [0.3, 0.4) is 0 Å². The normalized spacial score (nSPS) is 16.9. The van der Waals surface area contributed by atoms with Crippen LogP contribution in [0.5, 0.6) is 5.75 Å². The Hall–Kier alpha value is -4.39. The van der Waals surface area contributed by atoms with E-state index in [4.69, 9.17) is 4.74 Å². The number of rotatable bonds is 4. The maximum atomic E-state index is 13.5. The summed E-state index contributed by atoms with van der Waals surface area (Å²) in [4.78, 5) is 34.4. The molecule has 0 bridgehead atoms. The molecule has 0 radical (unpaired) electrons. The monoisotopic (exact) mass is 450 g/mol. The minimum absolute atomic E-state index is 0.238. The zero-order valence-corrected chi connectivity index (χ0v) is 18.5. The molecule has 2 aliphatic heterocycles. The Balaban J connectivity index is 1.46. The molecule has 2 aromatic heterocycles.